The third-order valence-electron chi connectivity index (χ3n) is 3.82. The molecular weight excluding hydrogens is 248 g/mol. The summed E-state index contributed by atoms with van der Waals surface area (Å²) in [7, 11) is 0. The number of Topliss-reactive ketones (excluding diaryl/α,β-unsaturated/α-hetero) is 1. The quantitative estimate of drug-likeness (QED) is 0.828. The van der Waals surface area contributed by atoms with Gasteiger partial charge in [-0.3, -0.25) is 4.79 Å². The van der Waals surface area contributed by atoms with Crippen molar-refractivity contribution in [3.05, 3.63) is 28.3 Å². The van der Waals surface area contributed by atoms with Crippen LogP contribution in [0.3, 0.4) is 0 Å². The number of rotatable bonds is 4. The van der Waals surface area contributed by atoms with Crippen molar-refractivity contribution in [2.45, 2.75) is 40.0 Å². The zero-order valence-electron chi connectivity index (χ0n) is 11.2. The van der Waals surface area contributed by atoms with E-state index in [1.165, 1.54) is 0 Å². The van der Waals surface area contributed by atoms with Crippen LogP contribution in [0.15, 0.2) is 12.1 Å². The van der Waals surface area contributed by atoms with E-state index >= 15 is 0 Å². The molecule has 0 spiro atoms. The first-order valence-electron chi connectivity index (χ1n) is 6.41. The van der Waals surface area contributed by atoms with Crippen molar-refractivity contribution < 1.29 is 9.53 Å². The van der Waals surface area contributed by atoms with E-state index in [0.29, 0.717) is 18.1 Å². The van der Waals surface area contributed by atoms with E-state index in [1.54, 1.807) is 0 Å². The maximum absolute atomic E-state index is 12.3. The van der Waals surface area contributed by atoms with E-state index in [2.05, 4.69) is 0 Å². The van der Waals surface area contributed by atoms with Gasteiger partial charge in [-0.15, -0.1) is 0 Å². The van der Waals surface area contributed by atoms with Crippen LogP contribution in [0.2, 0.25) is 5.02 Å². The third-order valence-corrected chi connectivity index (χ3v) is 4.03. The van der Waals surface area contributed by atoms with Crippen molar-refractivity contribution in [3.8, 4) is 5.75 Å². The minimum absolute atomic E-state index is 0.241. The molecule has 1 aliphatic rings. The van der Waals surface area contributed by atoms with Crippen LogP contribution >= 0.6 is 11.6 Å². The van der Waals surface area contributed by atoms with Gasteiger partial charge in [-0.05, 0) is 24.1 Å². The van der Waals surface area contributed by atoms with Crippen molar-refractivity contribution in [2.75, 3.05) is 6.61 Å². The van der Waals surface area contributed by atoms with E-state index in [4.69, 9.17) is 16.3 Å². The molecule has 1 heterocycles. The van der Waals surface area contributed by atoms with E-state index in [0.717, 1.165) is 29.7 Å². The highest BCUT2D eigenvalue weighted by Crippen LogP contribution is 2.34. The topological polar surface area (TPSA) is 26.3 Å². The highest BCUT2D eigenvalue weighted by Gasteiger charge is 2.27. The van der Waals surface area contributed by atoms with Gasteiger partial charge in [0, 0.05) is 28.8 Å². The molecule has 2 nitrogen and oxygen atoms in total. The Morgan fingerprint density at radius 3 is 2.83 bits per heavy atom. The Morgan fingerprint density at radius 2 is 2.17 bits per heavy atom. The van der Waals surface area contributed by atoms with Gasteiger partial charge in [-0.25, -0.2) is 0 Å². The summed E-state index contributed by atoms with van der Waals surface area (Å²) >= 11 is 6.09. The Hall–Kier alpha value is -1.02. The Balaban J connectivity index is 2.28. The summed E-state index contributed by atoms with van der Waals surface area (Å²) in [5.74, 6) is 1.12. The number of ether oxygens (including phenoxy) is 1. The molecule has 0 saturated heterocycles. The molecule has 2 rings (SSSR count). The lowest BCUT2D eigenvalue weighted by Gasteiger charge is -2.21. The van der Waals surface area contributed by atoms with Crippen LogP contribution in [-0.2, 0) is 17.6 Å². The first-order chi connectivity index (χ1) is 8.44. The zero-order chi connectivity index (χ0) is 13.3. The van der Waals surface area contributed by atoms with Crippen LogP contribution in [0, 0.1) is 5.41 Å². The molecule has 0 fully saturated rings. The summed E-state index contributed by atoms with van der Waals surface area (Å²) in [5, 5.41) is 0.691. The van der Waals surface area contributed by atoms with Gasteiger partial charge in [-0.1, -0.05) is 32.4 Å². The Bertz CT molecular complexity index is 478. The van der Waals surface area contributed by atoms with Gasteiger partial charge in [0.25, 0.3) is 0 Å². The Kier molecular flexibility index (Phi) is 3.67. The molecule has 1 aromatic carbocycles. The molecule has 98 valence electrons. The summed E-state index contributed by atoms with van der Waals surface area (Å²) in [6.45, 7) is 6.70. The van der Waals surface area contributed by atoms with E-state index < -0.39 is 0 Å². The number of benzene rings is 1. The smallest absolute Gasteiger partial charge is 0.142 e. The first kappa shape index (κ1) is 13.4. The SMILES string of the molecule is CCC(C)(C)C(=O)Cc1cc(Cl)cc2c1OCC2. The Labute approximate surface area is 113 Å². The fraction of sp³-hybridized carbons (Fsp3) is 0.533. The number of carbonyl (C=O) groups is 1. The van der Waals surface area contributed by atoms with E-state index in [-0.39, 0.29) is 11.2 Å². The minimum atomic E-state index is -0.284. The van der Waals surface area contributed by atoms with E-state index in [1.807, 2.05) is 32.9 Å². The van der Waals surface area contributed by atoms with Crippen LogP contribution in [0.25, 0.3) is 0 Å². The second kappa shape index (κ2) is 4.93. The van der Waals surface area contributed by atoms with Crippen molar-refractivity contribution in [1.82, 2.24) is 0 Å². The van der Waals surface area contributed by atoms with Gasteiger partial charge in [0.15, 0.2) is 0 Å². The number of hydrogen-bond donors (Lipinski definition) is 0. The van der Waals surface area contributed by atoms with Crippen LogP contribution in [0.1, 0.15) is 38.3 Å². The maximum Gasteiger partial charge on any atom is 0.142 e. The predicted octanol–water partition coefficient (Wildman–Crippen LogP) is 3.82. The van der Waals surface area contributed by atoms with E-state index in [9.17, 15) is 4.79 Å². The van der Waals surface area contributed by atoms with Crippen LogP contribution in [-0.4, -0.2) is 12.4 Å². The molecule has 18 heavy (non-hydrogen) atoms. The Morgan fingerprint density at radius 1 is 1.44 bits per heavy atom. The average Bonchev–Trinajstić information content (AvgIpc) is 2.76. The fourth-order valence-electron chi connectivity index (χ4n) is 2.09. The summed E-state index contributed by atoms with van der Waals surface area (Å²) in [4.78, 5) is 12.3. The van der Waals surface area contributed by atoms with Gasteiger partial charge < -0.3 is 4.74 Å². The van der Waals surface area contributed by atoms with Gasteiger partial charge in [-0.2, -0.15) is 0 Å². The second-order valence-electron chi connectivity index (χ2n) is 5.49. The number of fused-ring (bicyclic) bond motifs is 1. The summed E-state index contributed by atoms with van der Waals surface area (Å²) in [5.41, 5.74) is 1.77. The molecule has 0 radical (unpaired) electrons. The predicted molar refractivity (Wildman–Crippen MR) is 73.4 cm³/mol. The molecule has 0 unspecified atom stereocenters. The highest BCUT2D eigenvalue weighted by atomic mass is 35.5. The molecule has 0 atom stereocenters. The molecule has 0 amide bonds. The van der Waals surface area contributed by atoms with Crippen molar-refractivity contribution in [1.29, 1.82) is 0 Å². The van der Waals surface area contributed by atoms with Gasteiger partial charge >= 0.3 is 0 Å². The number of ketones is 1. The largest absolute Gasteiger partial charge is 0.493 e. The highest BCUT2D eigenvalue weighted by molar-refractivity contribution is 6.30. The van der Waals surface area contributed by atoms with Crippen molar-refractivity contribution in [2.24, 2.45) is 5.41 Å². The lowest BCUT2D eigenvalue weighted by Crippen LogP contribution is -2.25. The number of hydrogen-bond acceptors (Lipinski definition) is 2. The standard InChI is InChI=1S/C15H19ClO2/c1-4-15(2,3)13(17)9-11-8-12(16)7-10-5-6-18-14(10)11/h7-8H,4-6,9H2,1-3H3. The molecule has 1 aromatic rings. The summed E-state index contributed by atoms with van der Waals surface area (Å²) in [6, 6.07) is 3.79. The van der Waals surface area contributed by atoms with Crippen LogP contribution < -0.4 is 4.74 Å². The van der Waals surface area contributed by atoms with Gasteiger partial charge in [0.2, 0.25) is 0 Å². The number of halogens is 1. The average molecular weight is 267 g/mol. The number of carbonyl (C=O) groups excluding carboxylic acids is 1. The molecule has 0 N–H and O–H groups in total. The molecule has 3 heteroatoms. The zero-order valence-corrected chi connectivity index (χ0v) is 11.9. The fourth-order valence-corrected chi connectivity index (χ4v) is 2.35. The van der Waals surface area contributed by atoms with Gasteiger partial charge in [0.1, 0.15) is 11.5 Å². The second-order valence-corrected chi connectivity index (χ2v) is 5.93. The summed E-state index contributed by atoms with van der Waals surface area (Å²) in [6.07, 6.45) is 2.13. The summed E-state index contributed by atoms with van der Waals surface area (Å²) < 4.78 is 5.62. The maximum atomic E-state index is 12.3. The molecule has 1 aliphatic heterocycles. The lowest BCUT2D eigenvalue weighted by atomic mass is 9.82. The van der Waals surface area contributed by atoms with Crippen molar-refractivity contribution >= 4 is 17.4 Å². The van der Waals surface area contributed by atoms with Crippen molar-refractivity contribution in [3.63, 3.8) is 0 Å². The minimum Gasteiger partial charge on any atom is -0.493 e. The molecule has 0 aliphatic carbocycles. The molecule has 0 saturated carbocycles. The van der Waals surface area contributed by atoms with Gasteiger partial charge in [0.05, 0.1) is 6.61 Å². The molecular formula is C15H19ClO2. The molecule has 0 aromatic heterocycles. The monoisotopic (exact) mass is 266 g/mol. The van der Waals surface area contributed by atoms with Crippen LogP contribution in [0.5, 0.6) is 5.75 Å². The van der Waals surface area contributed by atoms with Crippen LogP contribution in [0.4, 0.5) is 0 Å². The first-order valence-corrected chi connectivity index (χ1v) is 6.79. The lowest BCUT2D eigenvalue weighted by molar-refractivity contribution is -0.126. The molecule has 0 bridgehead atoms. The normalized spacial score (nSPS) is 14.2. The third kappa shape index (κ3) is 2.54.